The van der Waals surface area contributed by atoms with E-state index in [0.29, 0.717) is 0 Å². The average molecular weight is 219 g/mol. The molecule has 1 aliphatic rings. The minimum Gasteiger partial charge on any atom is -0.273 e. The van der Waals surface area contributed by atoms with E-state index in [1.54, 1.807) is 0 Å². The van der Waals surface area contributed by atoms with Crippen molar-refractivity contribution in [2.45, 2.75) is 12.8 Å². The highest BCUT2D eigenvalue weighted by Crippen LogP contribution is 2.17. The monoisotopic (exact) mass is 219 g/mol. The first kappa shape index (κ1) is 10.9. The van der Waals surface area contributed by atoms with Crippen LogP contribution in [0.3, 0.4) is 0 Å². The molecule has 0 bridgehead atoms. The van der Waals surface area contributed by atoms with Crippen molar-refractivity contribution in [3.8, 4) is 0 Å². The van der Waals surface area contributed by atoms with Crippen molar-refractivity contribution in [1.82, 2.24) is 4.31 Å². The van der Waals surface area contributed by atoms with E-state index in [1.165, 1.54) is 6.08 Å². The van der Waals surface area contributed by atoms with Gasteiger partial charge in [-0.25, -0.2) is 4.18 Å². The SMILES string of the molecule is C=CCOS(=O)(=O)N1C(=O)CCC1=O. The van der Waals surface area contributed by atoms with Crippen LogP contribution in [0.4, 0.5) is 0 Å². The molecule has 0 aromatic carbocycles. The second-order valence-electron chi connectivity index (χ2n) is 2.58. The van der Waals surface area contributed by atoms with Gasteiger partial charge in [-0.3, -0.25) is 9.59 Å². The maximum atomic E-state index is 11.2. The molecule has 0 unspecified atom stereocenters. The van der Waals surface area contributed by atoms with Crippen LogP contribution in [-0.2, 0) is 24.1 Å². The summed E-state index contributed by atoms with van der Waals surface area (Å²) < 4.78 is 27.0. The molecule has 1 fully saturated rings. The number of hydrogen-bond acceptors (Lipinski definition) is 5. The molecule has 2 amide bonds. The lowest BCUT2D eigenvalue weighted by Crippen LogP contribution is -2.36. The van der Waals surface area contributed by atoms with Gasteiger partial charge in [0.15, 0.2) is 0 Å². The molecule has 78 valence electrons. The summed E-state index contributed by atoms with van der Waals surface area (Å²) in [5.74, 6) is -1.50. The van der Waals surface area contributed by atoms with Crippen molar-refractivity contribution in [2.75, 3.05) is 6.61 Å². The molecule has 0 atom stereocenters. The zero-order valence-corrected chi connectivity index (χ0v) is 8.12. The van der Waals surface area contributed by atoms with Gasteiger partial charge < -0.3 is 0 Å². The summed E-state index contributed by atoms with van der Waals surface area (Å²) in [6, 6.07) is 0. The summed E-state index contributed by atoms with van der Waals surface area (Å²) in [6.45, 7) is 2.99. The van der Waals surface area contributed by atoms with E-state index in [4.69, 9.17) is 0 Å². The molecule has 1 saturated heterocycles. The Balaban J connectivity index is 2.86. The highest BCUT2D eigenvalue weighted by Gasteiger charge is 2.39. The number of nitrogens with zero attached hydrogens (tertiary/aromatic N) is 1. The van der Waals surface area contributed by atoms with Crippen LogP contribution in [0.15, 0.2) is 12.7 Å². The maximum Gasteiger partial charge on any atom is 0.371 e. The third-order valence-corrected chi connectivity index (χ3v) is 2.85. The molecule has 7 heteroatoms. The number of carbonyl (C=O) groups excluding carboxylic acids is 2. The molecule has 0 spiro atoms. The van der Waals surface area contributed by atoms with E-state index in [1.807, 2.05) is 0 Å². The van der Waals surface area contributed by atoms with Crippen LogP contribution in [0.2, 0.25) is 0 Å². The zero-order chi connectivity index (χ0) is 10.8. The van der Waals surface area contributed by atoms with Gasteiger partial charge in [0.1, 0.15) is 0 Å². The number of rotatable bonds is 4. The first-order chi connectivity index (χ1) is 6.49. The Kier molecular flexibility index (Phi) is 3.02. The Morgan fingerprint density at radius 2 is 1.86 bits per heavy atom. The fourth-order valence-electron chi connectivity index (χ4n) is 0.992. The van der Waals surface area contributed by atoms with Crippen LogP contribution >= 0.6 is 0 Å². The number of imide groups is 1. The molecule has 14 heavy (non-hydrogen) atoms. The van der Waals surface area contributed by atoms with E-state index in [9.17, 15) is 18.0 Å². The van der Waals surface area contributed by atoms with Gasteiger partial charge in [-0.2, -0.15) is 12.7 Å². The first-order valence-corrected chi connectivity index (χ1v) is 5.22. The maximum absolute atomic E-state index is 11.2. The summed E-state index contributed by atoms with van der Waals surface area (Å²) in [6.07, 6.45) is 1.04. The molecule has 0 aromatic heterocycles. The lowest BCUT2D eigenvalue weighted by atomic mass is 10.4. The first-order valence-electron chi connectivity index (χ1n) is 3.85. The van der Waals surface area contributed by atoms with Crippen LogP contribution in [0.1, 0.15) is 12.8 Å². The fraction of sp³-hybridized carbons (Fsp3) is 0.429. The zero-order valence-electron chi connectivity index (χ0n) is 7.30. The molecule has 0 saturated carbocycles. The van der Waals surface area contributed by atoms with Crippen LogP contribution in [0.5, 0.6) is 0 Å². The van der Waals surface area contributed by atoms with Gasteiger partial charge in [0, 0.05) is 12.8 Å². The quantitative estimate of drug-likeness (QED) is 0.474. The topological polar surface area (TPSA) is 80.8 Å². The standard InChI is InChI=1S/C7H9NO5S/c1-2-5-13-14(11,12)8-6(9)3-4-7(8)10/h2H,1,3-5H2. The van der Waals surface area contributed by atoms with Crippen LogP contribution in [0, 0.1) is 0 Å². The van der Waals surface area contributed by atoms with E-state index in [0.717, 1.165) is 0 Å². The lowest BCUT2D eigenvalue weighted by Gasteiger charge is -2.12. The van der Waals surface area contributed by atoms with E-state index >= 15 is 0 Å². The van der Waals surface area contributed by atoms with Gasteiger partial charge in [-0.05, 0) is 0 Å². The second-order valence-corrected chi connectivity index (χ2v) is 4.04. The van der Waals surface area contributed by atoms with Crippen LogP contribution in [-0.4, -0.2) is 31.1 Å². The smallest absolute Gasteiger partial charge is 0.273 e. The summed E-state index contributed by atoms with van der Waals surface area (Å²) in [5.41, 5.74) is 0. The highest BCUT2D eigenvalue weighted by molar-refractivity contribution is 7.85. The molecule has 1 aliphatic heterocycles. The average Bonchev–Trinajstić information content (AvgIpc) is 2.43. The minimum atomic E-state index is -4.26. The van der Waals surface area contributed by atoms with Gasteiger partial charge in [0.05, 0.1) is 6.61 Å². The van der Waals surface area contributed by atoms with Gasteiger partial charge in [0.25, 0.3) is 0 Å². The van der Waals surface area contributed by atoms with Gasteiger partial charge in [0.2, 0.25) is 11.8 Å². The third-order valence-electron chi connectivity index (χ3n) is 1.56. The second kappa shape index (κ2) is 3.89. The normalized spacial score (nSPS) is 17.6. The Hall–Kier alpha value is -1.21. The van der Waals surface area contributed by atoms with Crippen molar-refractivity contribution >= 4 is 22.1 Å². The molecule has 0 radical (unpaired) electrons. The van der Waals surface area contributed by atoms with E-state index in [-0.39, 0.29) is 23.8 Å². The summed E-state index contributed by atoms with van der Waals surface area (Å²) >= 11 is 0. The number of amides is 2. The summed E-state index contributed by atoms with van der Waals surface area (Å²) in [4.78, 5) is 22.0. The lowest BCUT2D eigenvalue weighted by molar-refractivity contribution is -0.132. The Morgan fingerprint density at radius 1 is 1.36 bits per heavy atom. The molecule has 0 aliphatic carbocycles. The molecule has 6 nitrogen and oxygen atoms in total. The predicted octanol–water partition coefficient (Wildman–Crippen LogP) is -0.417. The van der Waals surface area contributed by atoms with Crippen molar-refractivity contribution in [3.63, 3.8) is 0 Å². The van der Waals surface area contributed by atoms with Gasteiger partial charge in [-0.15, -0.1) is 6.58 Å². The molecular formula is C7H9NO5S. The predicted molar refractivity (Wildman–Crippen MR) is 46.2 cm³/mol. The molecule has 0 N–H and O–H groups in total. The van der Waals surface area contributed by atoms with E-state index in [2.05, 4.69) is 10.8 Å². The van der Waals surface area contributed by atoms with Gasteiger partial charge in [-0.1, -0.05) is 6.08 Å². The van der Waals surface area contributed by atoms with Crippen LogP contribution < -0.4 is 0 Å². The Morgan fingerprint density at radius 3 is 2.29 bits per heavy atom. The van der Waals surface area contributed by atoms with Crippen molar-refractivity contribution < 1.29 is 22.2 Å². The Bertz CT molecular complexity index is 356. The van der Waals surface area contributed by atoms with Crippen molar-refractivity contribution in [3.05, 3.63) is 12.7 Å². The number of hydrogen-bond donors (Lipinski definition) is 0. The molecule has 0 aromatic rings. The Labute approximate surface area is 81.4 Å². The van der Waals surface area contributed by atoms with Crippen LogP contribution in [0.25, 0.3) is 0 Å². The molecule has 1 rings (SSSR count). The van der Waals surface area contributed by atoms with Crippen molar-refractivity contribution in [2.24, 2.45) is 0 Å². The largest absolute Gasteiger partial charge is 0.371 e. The number of carbonyl (C=O) groups is 2. The molecule has 1 heterocycles. The summed E-state index contributed by atoms with van der Waals surface area (Å²) in [7, 11) is -4.26. The molecular weight excluding hydrogens is 210 g/mol. The van der Waals surface area contributed by atoms with Gasteiger partial charge >= 0.3 is 10.3 Å². The van der Waals surface area contributed by atoms with Crippen molar-refractivity contribution in [1.29, 1.82) is 0 Å². The highest BCUT2D eigenvalue weighted by atomic mass is 32.2. The fourth-order valence-corrected chi connectivity index (χ4v) is 2.05. The summed E-state index contributed by atoms with van der Waals surface area (Å²) in [5, 5.41) is 0. The van der Waals surface area contributed by atoms with E-state index < -0.39 is 22.1 Å². The third kappa shape index (κ3) is 1.99. The minimum absolute atomic E-state index is 0.0878.